The van der Waals surface area contributed by atoms with Crippen molar-refractivity contribution < 1.29 is 9.47 Å². The van der Waals surface area contributed by atoms with Crippen LogP contribution in [0.5, 0.6) is 0 Å². The lowest BCUT2D eigenvalue weighted by atomic mass is 9.83. The third-order valence-electron chi connectivity index (χ3n) is 3.86. The van der Waals surface area contributed by atoms with Gasteiger partial charge in [0.1, 0.15) is 0 Å². The third kappa shape index (κ3) is 2.90. The van der Waals surface area contributed by atoms with E-state index in [0.29, 0.717) is 0 Å². The average Bonchev–Trinajstić information content (AvgIpc) is 2.46. The number of hydrogen-bond donors (Lipinski definition) is 2. The molecule has 0 aliphatic carbocycles. The van der Waals surface area contributed by atoms with E-state index in [2.05, 4.69) is 17.6 Å². The van der Waals surface area contributed by atoms with Crippen LogP contribution in [0.25, 0.3) is 0 Å². The van der Waals surface area contributed by atoms with Gasteiger partial charge in [-0.1, -0.05) is 30.3 Å². The summed E-state index contributed by atoms with van der Waals surface area (Å²) < 4.78 is 11.2. The molecule has 4 nitrogen and oxygen atoms in total. The van der Waals surface area contributed by atoms with Crippen molar-refractivity contribution in [3.63, 3.8) is 0 Å². The summed E-state index contributed by atoms with van der Waals surface area (Å²) in [6, 6.07) is 10.5. The second-order valence-corrected chi connectivity index (χ2v) is 4.79. The van der Waals surface area contributed by atoms with Gasteiger partial charge in [-0.3, -0.25) is 11.3 Å². The van der Waals surface area contributed by atoms with Crippen LogP contribution in [-0.4, -0.2) is 32.0 Å². The number of hydrazine groups is 1. The molecule has 1 aromatic rings. The molecule has 0 bridgehead atoms. The molecule has 2 rings (SSSR count). The molecular formula is C14H22N2O2. The van der Waals surface area contributed by atoms with E-state index in [4.69, 9.17) is 15.3 Å². The van der Waals surface area contributed by atoms with Crippen molar-refractivity contribution in [3.05, 3.63) is 35.9 Å². The van der Waals surface area contributed by atoms with Crippen molar-refractivity contribution in [1.82, 2.24) is 5.43 Å². The second-order valence-electron chi connectivity index (χ2n) is 4.79. The lowest BCUT2D eigenvalue weighted by molar-refractivity contribution is -0.110. The van der Waals surface area contributed by atoms with Gasteiger partial charge in [-0.05, 0) is 12.0 Å². The average molecular weight is 250 g/mol. The molecule has 1 aromatic carbocycles. The van der Waals surface area contributed by atoms with Crippen LogP contribution in [0.3, 0.4) is 0 Å². The molecule has 1 atom stereocenters. The minimum Gasteiger partial charge on any atom is -0.381 e. The van der Waals surface area contributed by atoms with Crippen molar-refractivity contribution in [3.8, 4) is 0 Å². The Labute approximate surface area is 108 Å². The molecule has 0 aromatic heterocycles. The van der Waals surface area contributed by atoms with E-state index in [1.54, 1.807) is 7.11 Å². The lowest BCUT2D eigenvalue weighted by Crippen LogP contribution is -2.58. The maximum absolute atomic E-state index is 5.78. The van der Waals surface area contributed by atoms with Crippen molar-refractivity contribution >= 4 is 0 Å². The van der Waals surface area contributed by atoms with Crippen LogP contribution in [0, 0.1) is 0 Å². The number of ether oxygens (including phenoxy) is 2. The largest absolute Gasteiger partial charge is 0.381 e. The number of nitrogens with two attached hydrogens (primary N) is 1. The highest BCUT2D eigenvalue weighted by molar-refractivity contribution is 5.17. The molecule has 0 saturated carbocycles. The fraction of sp³-hybridized carbons (Fsp3) is 0.571. The van der Waals surface area contributed by atoms with Crippen LogP contribution in [0.15, 0.2) is 30.3 Å². The van der Waals surface area contributed by atoms with Gasteiger partial charge in [0.25, 0.3) is 0 Å². The molecule has 1 heterocycles. The number of methoxy groups -OCH3 is 1. The van der Waals surface area contributed by atoms with Gasteiger partial charge >= 0.3 is 0 Å². The molecule has 0 spiro atoms. The molecule has 1 unspecified atom stereocenters. The summed E-state index contributed by atoms with van der Waals surface area (Å²) in [5.41, 5.74) is 3.98. The van der Waals surface area contributed by atoms with Crippen molar-refractivity contribution in [2.24, 2.45) is 5.84 Å². The first-order valence-corrected chi connectivity index (χ1v) is 6.44. The highest BCUT2D eigenvalue weighted by Crippen LogP contribution is 2.29. The molecule has 1 saturated heterocycles. The molecule has 4 heteroatoms. The van der Waals surface area contributed by atoms with Crippen LogP contribution in [-0.2, 0) is 15.9 Å². The Morgan fingerprint density at radius 2 is 2.00 bits per heavy atom. The molecular weight excluding hydrogens is 228 g/mol. The first-order valence-electron chi connectivity index (χ1n) is 6.44. The fourth-order valence-corrected chi connectivity index (χ4v) is 2.66. The van der Waals surface area contributed by atoms with Gasteiger partial charge in [0.05, 0.1) is 11.6 Å². The van der Waals surface area contributed by atoms with Crippen molar-refractivity contribution in [1.29, 1.82) is 0 Å². The first kappa shape index (κ1) is 13.5. The minimum absolute atomic E-state index is 0.105. The fourth-order valence-electron chi connectivity index (χ4n) is 2.66. The van der Waals surface area contributed by atoms with Crippen LogP contribution in [0.2, 0.25) is 0 Å². The van der Waals surface area contributed by atoms with Gasteiger partial charge in [-0.15, -0.1) is 0 Å². The van der Waals surface area contributed by atoms with E-state index in [1.807, 2.05) is 18.2 Å². The Morgan fingerprint density at radius 3 is 2.56 bits per heavy atom. The van der Waals surface area contributed by atoms with E-state index in [0.717, 1.165) is 32.5 Å². The molecule has 0 radical (unpaired) electrons. The Bertz CT molecular complexity index is 350. The zero-order valence-corrected chi connectivity index (χ0v) is 10.9. The van der Waals surface area contributed by atoms with Crippen molar-refractivity contribution in [2.75, 3.05) is 20.3 Å². The van der Waals surface area contributed by atoms with Crippen LogP contribution in [0.4, 0.5) is 0 Å². The van der Waals surface area contributed by atoms with Crippen molar-refractivity contribution in [2.45, 2.75) is 30.9 Å². The Balaban J connectivity index is 2.11. The van der Waals surface area contributed by atoms with E-state index in [-0.39, 0.29) is 11.6 Å². The van der Waals surface area contributed by atoms with Crippen LogP contribution in [0.1, 0.15) is 18.4 Å². The smallest absolute Gasteiger partial charge is 0.0891 e. The summed E-state index contributed by atoms with van der Waals surface area (Å²) in [7, 11) is 1.76. The first-order chi connectivity index (χ1) is 8.80. The van der Waals surface area contributed by atoms with Gasteiger partial charge < -0.3 is 9.47 Å². The van der Waals surface area contributed by atoms with E-state index < -0.39 is 0 Å². The zero-order chi connectivity index (χ0) is 12.8. The van der Waals surface area contributed by atoms with Gasteiger partial charge in [0, 0.05) is 33.2 Å². The molecule has 100 valence electrons. The van der Waals surface area contributed by atoms with Gasteiger partial charge in [-0.25, -0.2) is 0 Å². The van der Waals surface area contributed by atoms with E-state index >= 15 is 0 Å². The van der Waals surface area contributed by atoms with Crippen LogP contribution < -0.4 is 11.3 Å². The number of benzene rings is 1. The normalized spacial score (nSPS) is 20.6. The molecule has 1 aliphatic rings. The van der Waals surface area contributed by atoms with Crippen LogP contribution >= 0.6 is 0 Å². The molecule has 0 amide bonds. The highest BCUT2D eigenvalue weighted by atomic mass is 16.5. The zero-order valence-electron chi connectivity index (χ0n) is 10.9. The molecule has 1 fully saturated rings. The summed E-state index contributed by atoms with van der Waals surface area (Å²) in [6.07, 6.45) is 2.63. The number of nitrogens with one attached hydrogen (secondary N) is 1. The Morgan fingerprint density at radius 1 is 1.33 bits per heavy atom. The predicted octanol–water partition coefficient (Wildman–Crippen LogP) is 1.26. The maximum Gasteiger partial charge on any atom is 0.0891 e. The predicted molar refractivity (Wildman–Crippen MR) is 71.1 cm³/mol. The Kier molecular flexibility index (Phi) is 4.72. The minimum atomic E-state index is -0.219. The van der Waals surface area contributed by atoms with E-state index in [1.165, 1.54) is 5.56 Å². The number of rotatable bonds is 5. The topological polar surface area (TPSA) is 56.5 Å². The molecule has 3 N–H and O–H groups in total. The van der Waals surface area contributed by atoms with Gasteiger partial charge in [0.2, 0.25) is 0 Å². The summed E-state index contributed by atoms with van der Waals surface area (Å²) in [5, 5.41) is 0. The second kappa shape index (κ2) is 6.29. The monoisotopic (exact) mass is 250 g/mol. The third-order valence-corrected chi connectivity index (χ3v) is 3.86. The highest BCUT2D eigenvalue weighted by Gasteiger charge is 2.40. The Hall–Kier alpha value is -0.940. The quantitative estimate of drug-likeness (QED) is 0.610. The lowest BCUT2D eigenvalue weighted by Gasteiger charge is -2.42. The molecule has 1 aliphatic heterocycles. The molecule has 18 heavy (non-hydrogen) atoms. The summed E-state index contributed by atoms with van der Waals surface area (Å²) >= 11 is 0. The maximum atomic E-state index is 5.78. The SMILES string of the molecule is COC1(C(Cc2ccccc2)NN)CCOCC1. The summed E-state index contributed by atoms with van der Waals surface area (Å²) in [5.74, 6) is 5.74. The summed E-state index contributed by atoms with van der Waals surface area (Å²) in [6.45, 7) is 1.47. The van der Waals surface area contributed by atoms with Gasteiger partial charge in [-0.2, -0.15) is 0 Å². The van der Waals surface area contributed by atoms with Gasteiger partial charge in [0.15, 0.2) is 0 Å². The number of hydrogen-bond acceptors (Lipinski definition) is 4. The van der Waals surface area contributed by atoms with E-state index in [9.17, 15) is 0 Å². The summed E-state index contributed by atoms with van der Waals surface area (Å²) in [4.78, 5) is 0. The standard InChI is InChI=1S/C14H22N2O2/c1-17-14(7-9-18-10-8-14)13(16-15)11-12-5-3-2-4-6-12/h2-6,13,16H,7-11,15H2,1H3.